The van der Waals surface area contributed by atoms with Gasteiger partial charge in [-0.25, -0.2) is 4.39 Å². The molecule has 1 N–H and O–H groups in total. The van der Waals surface area contributed by atoms with Gasteiger partial charge in [-0.05, 0) is 42.3 Å². The molecule has 2 aromatic rings. The number of rotatable bonds is 3. The molecule has 0 spiro atoms. The first-order chi connectivity index (χ1) is 8.15. The average molecular weight is 250 g/mol. The molecule has 0 unspecified atom stereocenters. The first-order valence-corrected chi connectivity index (χ1v) is 5.77. The first kappa shape index (κ1) is 11.9. The predicted molar refractivity (Wildman–Crippen MR) is 69.9 cm³/mol. The quantitative estimate of drug-likeness (QED) is 0.850. The third-order valence-corrected chi connectivity index (χ3v) is 2.83. The maximum absolute atomic E-state index is 12.7. The molecule has 2 aromatic carbocycles. The highest BCUT2D eigenvalue weighted by molar-refractivity contribution is 6.33. The molecular weight excluding hydrogens is 237 g/mol. The summed E-state index contributed by atoms with van der Waals surface area (Å²) in [5.74, 6) is -0.220. The molecule has 0 amide bonds. The molecule has 0 aromatic heterocycles. The summed E-state index contributed by atoms with van der Waals surface area (Å²) in [6.45, 7) is 2.62. The van der Waals surface area contributed by atoms with Gasteiger partial charge < -0.3 is 5.32 Å². The third kappa shape index (κ3) is 3.21. The average Bonchev–Trinajstić information content (AvgIpc) is 2.30. The maximum atomic E-state index is 12.7. The van der Waals surface area contributed by atoms with Crippen molar-refractivity contribution in [3.63, 3.8) is 0 Å². The van der Waals surface area contributed by atoms with Gasteiger partial charge in [0.2, 0.25) is 0 Å². The molecule has 0 saturated carbocycles. The molecule has 3 heteroatoms. The van der Waals surface area contributed by atoms with Crippen LogP contribution in [0.3, 0.4) is 0 Å². The Bertz CT molecular complexity index is 508. The fraction of sp³-hybridized carbons (Fsp3) is 0.143. The van der Waals surface area contributed by atoms with E-state index in [4.69, 9.17) is 11.6 Å². The van der Waals surface area contributed by atoms with Crippen LogP contribution in [0, 0.1) is 12.7 Å². The fourth-order valence-electron chi connectivity index (χ4n) is 1.56. The van der Waals surface area contributed by atoms with Crippen molar-refractivity contribution in [2.24, 2.45) is 0 Å². The van der Waals surface area contributed by atoms with Crippen molar-refractivity contribution in [2.75, 3.05) is 5.32 Å². The molecule has 0 bridgehead atoms. The van der Waals surface area contributed by atoms with Crippen LogP contribution in [0.4, 0.5) is 10.1 Å². The summed E-state index contributed by atoms with van der Waals surface area (Å²) in [6.07, 6.45) is 0. The Hall–Kier alpha value is -1.54. The summed E-state index contributed by atoms with van der Waals surface area (Å²) in [4.78, 5) is 0. The van der Waals surface area contributed by atoms with Gasteiger partial charge in [-0.3, -0.25) is 0 Å². The van der Waals surface area contributed by atoms with Crippen LogP contribution < -0.4 is 5.32 Å². The van der Waals surface area contributed by atoms with Crippen molar-refractivity contribution in [3.05, 3.63) is 64.4 Å². The summed E-state index contributed by atoms with van der Waals surface area (Å²) < 4.78 is 12.7. The molecule has 17 heavy (non-hydrogen) atoms. The van der Waals surface area contributed by atoms with Crippen LogP contribution in [0.5, 0.6) is 0 Å². The van der Waals surface area contributed by atoms with Crippen LogP contribution >= 0.6 is 11.6 Å². The van der Waals surface area contributed by atoms with E-state index in [9.17, 15) is 4.39 Å². The molecule has 0 aliphatic heterocycles. The monoisotopic (exact) mass is 249 g/mol. The van der Waals surface area contributed by atoms with Gasteiger partial charge in [0.05, 0.1) is 10.7 Å². The van der Waals surface area contributed by atoms with Gasteiger partial charge >= 0.3 is 0 Å². The lowest BCUT2D eigenvalue weighted by atomic mass is 10.2. The van der Waals surface area contributed by atoms with E-state index in [0.29, 0.717) is 11.6 Å². The molecule has 0 radical (unpaired) electrons. The Labute approximate surface area is 105 Å². The van der Waals surface area contributed by atoms with E-state index in [0.717, 1.165) is 16.8 Å². The van der Waals surface area contributed by atoms with E-state index >= 15 is 0 Å². The highest BCUT2D eigenvalue weighted by atomic mass is 35.5. The van der Waals surface area contributed by atoms with Crippen molar-refractivity contribution in [2.45, 2.75) is 13.5 Å². The Morgan fingerprint density at radius 2 is 1.82 bits per heavy atom. The number of aryl methyl sites for hydroxylation is 1. The van der Waals surface area contributed by atoms with Crippen LogP contribution in [-0.2, 0) is 6.54 Å². The zero-order valence-corrected chi connectivity index (χ0v) is 10.3. The minimum Gasteiger partial charge on any atom is -0.380 e. The Balaban J connectivity index is 2.04. The molecular formula is C14H13ClFN. The predicted octanol–water partition coefficient (Wildman–Crippen LogP) is 4.40. The largest absolute Gasteiger partial charge is 0.380 e. The molecule has 0 saturated heterocycles. The molecule has 0 aliphatic carbocycles. The van der Waals surface area contributed by atoms with Gasteiger partial charge in [0.25, 0.3) is 0 Å². The van der Waals surface area contributed by atoms with E-state index in [1.807, 2.05) is 25.1 Å². The Morgan fingerprint density at radius 3 is 2.47 bits per heavy atom. The SMILES string of the molecule is Cc1ccc(NCc2ccc(F)cc2)c(Cl)c1. The molecule has 0 fully saturated rings. The van der Waals surface area contributed by atoms with Crippen LogP contribution in [0.2, 0.25) is 5.02 Å². The van der Waals surface area contributed by atoms with Gasteiger partial charge in [-0.15, -0.1) is 0 Å². The van der Waals surface area contributed by atoms with Crippen LogP contribution in [0.25, 0.3) is 0 Å². The highest BCUT2D eigenvalue weighted by Crippen LogP contribution is 2.23. The fourth-order valence-corrected chi connectivity index (χ4v) is 1.86. The van der Waals surface area contributed by atoms with E-state index in [1.54, 1.807) is 12.1 Å². The molecule has 88 valence electrons. The van der Waals surface area contributed by atoms with E-state index < -0.39 is 0 Å². The second-order valence-corrected chi connectivity index (χ2v) is 4.37. The Kier molecular flexibility index (Phi) is 3.64. The normalized spacial score (nSPS) is 10.3. The minimum atomic E-state index is -0.220. The van der Waals surface area contributed by atoms with Crippen molar-refractivity contribution in [1.82, 2.24) is 0 Å². The summed E-state index contributed by atoms with van der Waals surface area (Å²) in [7, 11) is 0. The number of hydrogen-bond acceptors (Lipinski definition) is 1. The van der Waals surface area contributed by atoms with Crippen molar-refractivity contribution < 1.29 is 4.39 Å². The van der Waals surface area contributed by atoms with Gasteiger partial charge in [-0.2, -0.15) is 0 Å². The van der Waals surface area contributed by atoms with E-state index in [-0.39, 0.29) is 5.82 Å². The molecule has 0 aliphatic rings. The molecule has 0 heterocycles. The number of nitrogens with one attached hydrogen (secondary N) is 1. The number of anilines is 1. The lowest BCUT2D eigenvalue weighted by Crippen LogP contribution is -2.00. The van der Waals surface area contributed by atoms with Crippen LogP contribution in [0.1, 0.15) is 11.1 Å². The van der Waals surface area contributed by atoms with Gasteiger partial charge in [0.15, 0.2) is 0 Å². The standard InChI is InChI=1S/C14H13ClFN/c1-10-2-7-14(13(15)8-10)17-9-11-3-5-12(16)6-4-11/h2-8,17H,9H2,1H3. The Morgan fingerprint density at radius 1 is 1.12 bits per heavy atom. The summed E-state index contributed by atoms with van der Waals surface area (Å²) >= 11 is 6.10. The first-order valence-electron chi connectivity index (χ1n) is 5.39. The lowest BCUT2D eigenvalue weighted by Gasteiger charge is -2.09. The lowest BCUT2D eigenvalue weighted by molar-refractivity contribution is 0.627. The zero-order valence-electron chi connectivity index (χ0n) is 9.50. The highest BCUT2D eigenvalue weighted by Gasteiger charge is 2.00. The maximum Gasteiger partial charge on any atom is 0.123 e. The summed E-state index contributed by atoms with van der Waals surface area (Å²) in [6, 6.07) is 12.3. The summed E-state index contributed by atoms with van der Waals surface area (Å²) in [5.41, 5.74) is 3.03. The van der Waals surface area contributed by atoms with Crippen molar-refractivity contribution >= 4 is 17.3 Å². The van der Waals surface area contributed by atoms with Crippen LogP contribution in [0.15, 0.2) is 42.5 Å². The molecule has 1 nitrogen and oxygen atoms in total. The topological polar surface area (TPSA) is 12.0 Å². The van der Waals surface area contributed by atoms with E-state index in [2.05, 4.69) is 5.32 Å². The second kappa shape index (κ2) is 5.19. The molecule has 2 rings (SSSR count). The summed E-state index contributed by atoms with van der Waals surface area (Å²) in [5, 5.41) is 3.92. The second-order valence-electron chi connectivity index (χ2n) is 3.96. The molecule has 0 atom stereocenters. The number of halogens is 2. The van der Waals surface area contributed by atoms with Crippen LogP contribution in [-0.4, -0.2) is 0 Å². The van der Waals surface area contributed by atoms with Gasteiger partial charge in [-0.1, -0.05) is 29.8 Å². The van der Waals surface area contributed by atoms with Gasteiger partial charge in [0.1, 0.15) is 5.82 Å². The third-order valence-electron chi connectivity index (χ3n) is 2.52. The number of hydrogen-bond donors (Lipinski definition) is 1. The number of benzene rings is 2. The zero-order chi connectivity index (χ0) is 12.3. The van der Waals surface area contributed by atoms with Gasteiger partial charge in [0, 0.05) is 6.54 Å². The van der Waals surface area contributed by atoms with E-state index in [1.165, 1.54) is 12.1 Å². The van der Waals surface area contributed by atoms with Crippen molar-refractivity contribution in [1.29, 1.82) is 0 Å². The van der Waals surface area contributed by atoms with Crippen molar-refractivity contribution in [3.8, 4) is 0 Å². The smallest absolute Gasteiger partial charge is 0.123 e. The minimum absolute atomic E-state index is 0.220.